The van der Waals surface area contributed by atoms with Gasteiger partial charge < -0.3 is 5.73 Å². The van der Waals surface area contributed by atoms with Crippen LogP contribution in [-0.2, 0) is 6.42 Å². The van der Waals surface area contributed by atoms with E-state index in [1.54, 1.807) is 0 Å². The van der Waals surface area contributed by atoms with Crippen LogP contribution in [0.4, 0.5) is 0 Å². The fraction of sp³-hybridized carbons (Fsp3) is 0.727. The van der Waals surface area contributed by atoms with Gasteiger partial charge in [-0.3, -0.25) is 4.68 Å². The van der Waals surface area contributed by atoms with Crippen LogP contribution in [-0.4, -0.2) is 15.3 Å². The number of hydrogen-bond acceptors (Lipinski definition) is 2. The number of aryl methyl sites for hydroxylation is 1. The van der Waals surface area contributed by atoms with E-state index < -0.39 is 0 Å². The topological polar surface area (TPSA) is 43.8 Å². The molecule has 4 heteroatoms. The van der Waals surface area contributed by atoms with Crippen molar-refractivity contribution in [3.8, 4) is 0 Å². The monoisotopic (exact) mass is 271 g/mol. The maximum absolute atomic E-state index is 6.07. The van der Waals surface area contributed by atoms with E-state index in [-0.39, 0.29) is 5.54 Å². The Labute approximate surface area is 99.2 Å². The molecular formula is C11H18BrN3. The van der Waals surface area contributed by atoms with Crippen LogP contribution in [0.2, 0.25) is 0 Å². The SMILES string of the molecule is CC(C)n1ncc(CCC2(N)CC2)c1Br. The van der Waals surface area contributed by atoms with E-state index in [1.165, 1.54) is 18.4 Å². The Morgan fingerprint density at radius 2 is 2.27 bits per heavy atom. The predicted molar refractivity (Wildman–Crippen MR) is 64.8 cm³/mol. The van der Waals surface area contributed by atoms with Crippen LogP contribution in [0.15, 0.2) is 10.8 Å². The van der Waals surface area contributed by atoms with Crippen molar-refractivity contribution < 1.29 is 0 Å². The fourth-order valence-corrected chi connectivity index (χ4v) is 2.51. The smallest absolute Gasteiger partial charge is 0.107 e. The third-order valence-electron chi connectivity index (χ3n) is 3.08. The molecule has 2 N–H and O–H groups in total. The Hall–Kier alpha value is -0.350. The largest absolute Gasteiger partial charge is 0.325 e. The van der Waals surface area contributed by atoms with Crippen LogP contribution in [0, 0.1) is 0 Å². The molecule has 1 aromatic rings. The lowest BCUT2D eigenvalue weighted by Crippen LogP contribution is -2.22. The molecule has 1 aliphatic rings. The van der Waals surface area contributed by atoms with Gasteiger partial charge in [0.05, 0.1) is 6.20 Å². The summed E-state index contributed by atoms with van der Waals surface area (Å²) in [5.41, 5.74) is 7.49. The summed E-state index contributed by atoms with van der Waals surface area (Å²) in [5, 5.41) is 4.37. The number of nitrogens with zero attached hydrogens (tertiary/aromatic N) is 2. The van der Waals surface area contributed by atoms with Gasteiger partial charge in [-0.15, -0.1) is 0 Å². The summed E-state index contributed by atoms with van der Waals surface area (Å²) in [6.45, 7) is 4.26. The Balaban J connectivity index is 2.02. The van der Waals surface area contributed by atoms with E-state index in [2.05, 4.69) is 34.9 Å². The first-order valence-electron chi connectivity index (χ1n) is 5.53. The highest BCUT2D eigenvalue weighted by Crippen LogP contribution is 2.37. The number of hydrogen-bond donors (Lipinski definition) is 1. The molecule has 2 rings (SSSR count). The van der Waals surface area contributed by atoms with Gasteiger partial charge in [0.2, 0.25) is 0 Å². The second-order valence-electron chi connectivity index (χ2n) is 4.86. The molecule has 84 valence electrons. The van der Waals surface area contributed by atoms with Crippen LogP contribution in [0.1, 0.15) is 44.7 Å². The number of nitrogens with two attached hydrogens (primary N) is 1. The molecule has 0 amide bonds. The second kappa shape index (κ2) is 3.91. The first-order valence-corrected chi connectivity index (χ1v) is 6.32. The van der Waals surface area contributed by atoms with E-state index in [1.807, 2.05) is 10.9 Å². The second-order valence-corrected chi connectivity index (χ2v) is 5.61. The molecule has 15 heavy (non-hydrogen) atoms. The Morgan fingerprint density at radius 3 is 2.73 bits per heavy atom. The third-order valence-corrected chi connectivity index (χ3v) is 3.95. The average molecular weight is 272 g/mol. The lowest BCUT2D eigenvalue weighted by atomic mass is 10.1. The minimum atomic E-state index is 0.138. The van der Waals surface area contributed by atoms with Crippen molar-refractivity contribution in [2.75, 3.05) is 0 Å². The summed E-state index contributed by atoms with van der Waals surface area (Å²) >= 11 is 3.60. The van der Waals surface area contributed by atoms with Gasteiger partial charge in [-0.1, -0.05) is 0 Å². The van der Waals surface area contributed by atoms with E-state index in [4.69, 9.17) is 5.73 Å². The quantitative estimate of drug-likeness (QED) is 0.915. The zero-order valence-corrected chi connectivity index (χ0v) is 10.9. The van der Waals surface area contributed by atoms with Crippen LogP contribution < -0.4 is 5.73 Å². The average Bonchev–Trinajstić information content (AvgIpc) is 2.77. The summed E-state index contributed by atoms with van der Waals surface area (Å²) in [6, 6.07) is 0.404. The molecular weight excluding hydrogens is 254 g/mol. The Kier molecular flexibility index (Phi) is 2.90. The van der Waals surface area contributed by atoms with Gasteiger partial charge in [-0.05, 0) is 55.5 Å². The molecule has 0 radical (unpaired) electrons. The summed E-state index contributed by atoms with van der Waals surface area (Å²) in [5.74, 6) is 0. The van der Waals surface area contributed by atoms with Crippen molar-refractivity contribution in [2.45, 2.75) is 51.1 Å². The van der Waals surface area contributed by atoms with Gasteiger partial charge in [0.25, 0.3) is 0 Å². The molecule has 0 saturated heterocycles. The van der Waals surface area contributed by atoms with Gasteiger partial charge in [0.1, 0.15) is 4.60 Å². The van der Waals surface area contributed by atoms with Gasteiger partial charge in [0.15, 0.2) is 0 Å². The molecule has 0 aromatic carbocycles. The normalized spacial score (nSPS) is 18.5. The molecule has 0 aliphatic heterocycles. The van der Waals surface area contributed by atoms with E-state index in [0.29, 0.717) is 6.04 Å². The highest BCUT2D eigenvalue weighted by molar-refractivity contribution is 9.10. The zero-order valence-electron chi connectivity index (χ0n) is 9.33. The van der Waals surface area contributed by atoms with Gasteiger partial charge in [0, 0.05) is 17.1 Å². The first-order chi connectivity index (χ1) is 7.02. The Bertz CT molecular complexity index is 353. The molecule has 1 fully saturated rings. The minimum Gasteiger partial charge on any atom is -0.325 e. The van der Waals surface area contributed by atoms with Crippen LogP contribution in [0.5, 0.6) is 0 Å². The molecule has 1 heterocycles. The summed E-state index contributed by atoms with van der Waals surface area (Å²) in [4.78, 5) is 0. The molecule has 1 aromatic heterocycles. The van der Waals surface area contributed by atoms with Gasteiger partial charge in [-0.2, -0.15) is 5.10 Å². The summed E-state index contributed by atoms with van der Waals surface area (Å²) < 4.78 is 3.12. The van der Waals surface area contributed by atoms with Crippen LogP contribution in [0.25, 0.3) is 0 Å². The first kappa shape index (κ1) is 11.1. The van der Waals surface area contributed by atoms with Crippen molar-refractivity contribution in [2.24, 2.45) is 5.73 Å². The molecule has 1 saturated carbocycles. The van der Waals surface area contributed by atoms with Crippen molar-refractivity contribution >= 4 is 15.9 Å². The number of halogens is 1. The molecule has 1 aliphatic carbocycles. The highest BCUT2D eigenvalue weighted by Gasteiger charge is 2.37. The van der Waals surface area contributed by atoms with Crippen molar-refractivity contribution in [1.29, 1.82) is 0 Å². The fourth-order valence-electron chi connectivity index (χ4n) is 1.70. The summed E-state index contributed by atoms with van der Waals surface area (Å²) in [6.07, 6.45) is 6.43. The lowest BCUT2D eigenvalue weighted by molar-refractivity contribution is 0.520. The number of aromatic nitrogens is 2. The molecule has 0 spiro atoms. The van der Waals surface area contributed by atoms with Crippen LogP contribution in [0.3, 0.4) is 0 Å². The molecule has 0 unspecified atom stereocenters. The van der Waals surface area contributed by atoms with Crippen LogP contribution >= 0.6 is 15.9 Å². The van der Waals surface area contributed by atoms with Gasteiger partial charge >= 0.3 is 0 Å². The van der Waals surface area contributed by atoms with E-state index in [0.717, 1.165) is 17.4 Å². The van der Waals surface area contributed by atoms with E-state index in [9.17, 15) is 0 Å². The van der Waals surface area contributed by atoms with Crippen molar-refractivity contribution in [1.82, 2.24) is 9.78 Å². The molecule has 0 bridgehead atoms. The maximum Gasteiger partial charge on any atom is 0.107 e. The standard InChI is InChI=1S/C11H18BrN3/c1-8(2)15-10(12)9(7-14-15)3-4-11(13)5-6-11/h7-8H,3-6,13H2,1-2H3. The zero-order chi connectivity index (χ0) is 11.1. The molecule has 0 atom stereocenters. The van der Waals surface area contributed by atoms with Gasteiger partial charge in [-0.25, -0.2) is 0 Å². The minimum absolute atomic E-state index is 0.138. The number of rotatable bonds is 4. The lowest BCUT2D eigenvalue weighted by Gasteiger charge is -2.09. The third kappa shape index (κ3) is 2.42. The van der Waals surface area contributed by atoms with E-state index >= 15 is 0 Å². The highest BCUT2D eigenvalue weighted by atomic mass is 79.9. The summed E-state index contributed by atoms with van der Waals surface area (Å²) in [7, 11) is 0. The van der Waals surface area contributed by atoms with Crippen molar-refractivity contribution in [3.05, 3.63) is 16.4 Å². The maximum atomic E-state index is 6.07. The molecule has 3 nitrogen and oxygen atoms in total. The predicted octanol–water partition coefficient (Wildman–Crippen LogP) is 2.65. The van der Waals surface area contributed by atoms with Crippen molar-refractivity contribution in [3.63, 3.8) is 0 Å². The Morgan fingerprint density at radius 1 is 1.60 bits per heavy atom.